The van der Waals surface area contributed by atoms with Crippen LogP contribution in [0.4, 0.5) is 10.3 Å². The second kappa shape index (κ2) is 9.16. The lowest BCUT2D eigenvalue weighted by atomic mass is 9.68. The summed E-state index contributed by atoms with van der Waals surface area (Å²) in [6.45, 7) is 4.23. The topological polar surface area (TPSA) is 100.0 Å². The standard InChI is InChI=1S/C27H32FN7OS/c1-26-9-4-10-27(2,34-26)24(28)21(13-26)35(18-6-7-18)25-29-15-20(31-33-25)19-8-5-16(11-22(19)36)17-12-23(37-3)32-30-14-17/h5,8,11-12,14-15,18,21,24,34,36H,4,6-7,9-10,13H2,1-3H3/t21-,24-,26-,27+/m0/s1. The predicted octanol–water partition coefficient (Wildman–Crippen LogP) is 4.79. The van der Waals surface area contributed by atoms with E-state index in [-0.39, 0.29) is 23.4 Å². The number of alkyl halides is 1. The zero-order valence-corrected chi connectivity index (χ0v) is 22.2. The van der Waals surface area contributed by atoms with Crippen molar-refractivity contribution in [2.75, 3.05) is 11.2 Å². The maximum absolute atomic E-state index is 16.0. The SMILES string of the molecule is CSc1cc(-c2ccc(-c3cnc(N(C4CC4)[C@H]4C[C@]5(C)CCC[C@@](C)(N5)[C@H]4F)nn3)c(O)c2)cnn1. The van der Waals surface area contributed by atoms with Gasteiger partial charge in [-0.1, -0.05) is 6.07 Å². The van der Waals surface area contributed by atoms with Crippen LogP contribution in [0, 0.1) is 0 Å². The van der Waals surface area contributed by atoms with Gasteiger partial charge in [-0.25, -0.2) is 9.37 Å². The first-order valence-corrected chi connectivity index (χ1v) is 14.1. The summed E-state index contributed by atoms with van der Waals surface area (Å²) in [5.41, 5.74) is 2.09. The van der Waals surface area contributed by atoms with Crippen LogP contribution < -0.4 is 10.2 Å². The van der Waals surface area contributed by atoms with Gasteiger partial charge in [-0.05, 0) is 82.4 Å². The number of phenols is 1. The molecule has 2 aliphatic heterocycles. The van der Waals surface area contributed by atoms with Gasteiger partial charge < -0.3 is 15.3 Å². The highest BCUT2D eigenvalue weighted by Gasteiger charge is 2.56. The molecule has 10 heteroatoms. The second-order valence-electron chi connectivity index (χ2n) is 11.1. The Morgan fingerprint density at radius 3 is 2.62 bits per heavy atom. The molecule has 37 heavy (non-hydrogen) atoms. The molecule has 0 amide bonds. The third kappa shape index (κ3) is 4.54. The minimum Gasteiger partial charge on any atom is -0.507 e. The number of aromatic hydroxyl groups is 1. The monoisotopic (exact) mass is 521 g/mol. The number of hydrogen-bond donors (Lipinski definition) is 2. The van der Waals surface area contributed by atoms with Gasteiger partial charge >= 0.3 is 0 Å². The maximum atomic E-state index is 16.0. The molecule has 1 saturated carbocycles. The quantitative estimate of drug-likeness (QED) is 0.443. The lowest BCUT2D eigenvalue weighted by Gasteiger charge is -2.57. The highest BCUT2D eigenvalue weighted by atomic mass is 32.2. The van der Waals surface area contributed by atoms with Gasteiger partial charge in [0.05, 0.1) is 18.4 Å². The Hall–Kier alpha value is -2.85. The zero-order chi connectivity index (χ0) is 25.8. The van der Waals surface area contributed by atoms with Crippen LogP contribution in [0.15, 0.2) is 41.7 Å². The van der Waals surface area contributed by atoms with Crippen molar-refractivity contribution in [3.05, 3.63) is 36.7 Å². The van der Waals surface area contributed by atoms with E-state index < -0.39 is 11.7 Å². The van der Waals surface area contributed by atoms with Crippen LogP contribution in [0.5, 0.6) is 5.75 Å². The number of thioether (sulfide) groups is 1. The summed E-state index contributed by atoms with van der Waals surface area (Å²) in [6.07, 6.45) is 9.90. The Kier molecular flexibility index (Phi) is 6.06. The van der Waals surface area contributed by atoms with Crippen LogP contribution in [0.3, 0.4) is 0 Å². The molecule has 3 fully saturated rings. The summed E-state index contributed by atoms with van der Waals surface area (Å²) in [4.78, 5) is 6.73. The molecular formula is C27H32FN7OS. The number of anilines is 1. The Bertz CT molecular complexity index is 1310. The first-order chi connectivity index (χ1) is 17.8. The molecule has 0 spiro atoms. The highest BCUT2D eigenvalue weighted by molar-refractivity contribution is 7.98. The fraction of sp³-hybridized carbons (Fsp3) is 0.519. The van der Waals surface area contributed by atoms with Gasteiger partial charge in [0.1, 0.15) is 22.6 Å². The van der Waals surface area contributed by atoms with Crippen LogP contribution in [0.25, 0.3) is 22.4 Å². The number of phenolic OH excluding ortho intramolecular Hbond substituents is 1. The molecule has 2 saturated heterocycles. The van der Waals surface area contributed by atoms with E-state index in [4.69, 9.17) is 0 Å². The highest BCUT2D eigenvalue weighted by Crippen LogP contribution is 2.46. The van der Waals surface area contributed by atoms with Gasteiger partial charge in [-0.2, -0.15) is 5.10 Å². The van der Waals surface area contributed by atoms with Crippen molar-refractivity contribution in [1.29, 1.82) is 0 Å². The normalized spacial score (nSPS) is 29.2. The van der Waals surface area contributed by atoms with Crippen LogP contribution in [0.2, 0.25) is 0 Å². The number of fused-ring (bicyclic) bond motifs is 2. The van der Waals surface area contributed by atoms with Crippen molar-refractivity contribution < 1.29 is 9.50 Å². The van der Waals surface area contributed by atoms with Crippen molar-refractivity contribution >= 4 is 17.7 Å². The molecule has 1 aliphatic carbocycles. The average Bonchev–Trinajstić information content (AvgIpc) is 3.73. The molecule has 0 unspecified atom stereocenters. The number of aromatic nitrogens is 5. The smallest absolute Gasteiger partial charge is 0.245 e. The Balaban J connectivity index is 1.27. The molecule has 2 N–H and O–H groups in total. The number of nitrogens with zero attached hydrogens (tertiary/aromatic N) is 6. The Morgan fingerprint density at radius 2 is 1.92 bits per heavy atom. The fourth-order valence-corrected chi connectivity index (χ4v) is 6.60. The van der Waals surface area contributed by atoms with Crippen LogP contribution in [0.1, 0.15) is 52.4 Å². The zero-order valence-electron chi connectivity index (χ0n) is 21.4. The summed E-state index contributed by atoms with van der Waals surface area (Å²) >= 11 is 1.51. The van der Waals surface area contributed by atoms with Gasteiger partial charge in [0, 0.05) is 28.2 Å². The molecule has 2 bridgehead atoms. The summed E-state index contributed by atoms with van der Waals surface area (Å²) in [5.74, 6) is 0.549. The van der Waals surface area contributed by atoms with Crippen LogP contribution in [-0.4, -0.2) is 66.1 Å². The number of halogens is 1. The molecular weight excluding hydrogens is 489 g/mol. The number of rotatable bonds is 6. The minimum atomic E-state index is -1.02. The van der Waals surface area contributed by atoms with Gasteiger partial charge in [0.25, 0.3) is 0 Å². The molecule has 0 radical (unpaired) electrons. The average molecular weight is 522 g/mol. The summed E-state index contributed by atoms with van der Waals surface area (Å²) in [6, 6.07) is 7.29. The number of hydrogen-bond acceptors (Lipinski definition) is 9. The maximum Gasteiger partial charge on any atom is 0.245 e. The molecule has 2 aromatic heterocycles. The van der Waals surface area contributed by atoms with E-state index in [2.05, 4.69) is 42.5 Å². The summed E-state index contributed by atoms with van der Waals surface area (Å²) in [7, 11) is 0. The van der Waals surface area contributed by atoms with Crippen molar-refractivity contribution in [3.63, 3.8) is 0 Å². The van der Waals surface area contributed by atoms with E-state index >= 15 is 4.39 Å². The van der Waals surface area contributed by atoms with Crippen molar-refractivity contribution in [2.45, 2.75) is 86.7 Å². The largest absolute Gasteiger partial charge is 0.507 e. The number of piperidine rings is 2. The van der Waals surface area contributed by atoms with E-state index in [1.54, 1.807) is 24.5 Å². The molecule has 1 aromatic carbocycles. The molecule has 3 aromatic rings. The molecule has 4 atom stereocenters. The molecule has 6 rings (SSSR count). The van der Waals surface area contributed by atoms with Gasteiger partial charge in [-0.3, -0.25) is 0 Å². The number of nitrogens with one attached hydrogen (secondary N) is 1. The van der Waals surface area contributed by atoms with Gasteiger partial charge in [0.15, 0.2) is 0 Å². The molecule has 3 aliphatic rings. The molecule has 194 valence electrons. The van der Waals surface area contributed by atoms with Crippen molar-refractivity contribution in [2.24, 2.45) is 0 Å². The van der Waals surface area contributed by atoms with E-state index in [9.17, 15) is 5.11 Å². The minimum absolute atomic E-state index is 0.0822. The summed E-state index contributed by atoms with van der Waals surface area (Å²) in [5, 5.41) is 32.2. The third-order valence-electron chi connectivity index (χ3n) is 8.14. The van der Waals surface area contributed by atoms with Gasteiger partial charge in [0.2, 0.25) is 5.95 Å². The van der Waals surface area contributed by atoms with E-state index in [0.717, 1.165) is 54.7 Å². The summed E-state index contributed by atoms with van der Waals surface area (Å²) < 4.78 is 16.0. The van der Waals surface area contributed by atoms with E-state index in [0.29, 0.717) is 17.2 Å². The lowest BCUT2D eigenvalue weighted by Crippen LogP contribution is -2.73. The Morgan fingerprint density at radius 1 is 1.08 bits per heavy atom. The second-order valence-corrected chi connectivity index (χ2v) is 12.0. The Labute approximate surface area is 220 Å². The molecule has 4 heterocycles. The predicted molar refractivity (Wildman–Crippen MR) is 142 cm³/mol. The molecule has 8 nitrogen and oxygen atoms in total. The fourth-order valence-electron chi connectivity index (χ4n) is 6.23. The number of benzene rings is 1. The first-order valence-electron chi connectivity index (χ1n) is 12.9. The van der Waals surface area contributed by atoms with E-state index in [1.807, 2.05) is 25.3 Å². The first kappa shape index (κ1) is 24.5. The van der Waals surface area contributed by atoms with Crippen LogP contribution >= 0.6 is 11.8 Å². The van der Waals surface area contributed by atoms with Crippen molar-refractivity contribution in [1.82, 2.24) is 30.7 Å². The van der Waals surface area contributed by atoms with E-state index in [1.165, 1.54) is 11.8 Å². The lowest BCUT2D eigenvalue weighted by molar-refractivity contribution is 0.0000874. The third-order valence-corrected chi connectivity index (χ3v) is 8.76. The van der Waals surface area contributed by atoms with Crippen molar-refractivity contribution in [3.8, 4) is 28.1 Å². The van der Waals surface area contributed by atoms with Crippen LogP contribution in [-0.2, 0) is 0 Å². The van der Waals surface area contributed by atoms with Gasteiger partial charge in [-0.15, -0.1) is 27.1 Å².